The van der Waals surface area contributed by atoms with Crippen LogP contribution in [0.3, 0.4) is 0 Å². The van der Waals surface area contributed by atoms with Crippen LogP contribution < -0.4 is 10.1 Å². The molecule has 0 saturated carbocycles. The van der Waals surface area contributed by atoms with Crippen LogP contribution in [0.25, 0.3) is 11.4 Å². The van der Waals surface area contributed by atoms with Gasteiger partial charge in [0.15, 0.2) is 5.82 Å². The molecule has 0 aliphatic carbocycles. The summed E-state index contributed by atoms with van der Waals surface area (Å²) in [6.45, 7) is 1.25. The molecule has 0 spiro atoms. The predicted octanol–water partition coefficient (Wildman–Crippen LogP) is 2.94. The van der Waals surface area contributed by atoms with E-state index in [-0.39, 0.29) is 12.1 Å². The molecule has 138 valence electrons. The smallest absolute Gasteiger partial charge is 0.323 e. The minimum Gasteiger partial charge on any atom is -0.474 e. The monoisotopic (exact) mass is 364 g/mol. The van der Waals surface area contributed by atoms with Crippen molar-refractivity contribution in [1.82, 2.24) is 25.1 Å². The number of anilines is 1. The zero-order valence-corrected chi connectivity index (χ0v) is 14.7. The van der Waals surface area contributed by atoms with Crippen LogP contribution in [0.15, 0.2) is 54.9 Å². The van der Waals surface area contributed by atoms with Gasteiger partial charge in [0.05, 0.1) is 11.4 Å². The number of aromatic nitrogens is 4. The minimum absolute atomic E-state index is 0.0742. The van der Waals surface area contributed by atoms with E-state index >= 15 is 0 Å². The van der Waals surface area contributed by atoms with Crippen molar-refractivity contribution in [2.75, 3.05) is 18.4 Å². The number of carbonyl (C=O) groups is 1. The molecule has 1 aliphatic rings. The van der Waals surface area contributed by atoms with Crippen LogP contribution in [0.1, 0.15) is 12.8 Å². The molecule has 0 bridgehead atoms. The van der Waals surface area contributed by atoms with Gasteiger partial charge in [0.1, 0.15) is 6.10 Å². The fourth-order valence-corrected chi connectivity index (χ4v) is 2.99. The second-order valence-electron chi connectivity index (χ2n) is 6.28. The summed E-state index contributed by atoms with van der Waals surface area (Å²) in [5.41, 5.74) is 1.53. The summed E-state index contributed by atoms with van der Waals surface area (Å²) >= 11 is 0. The second-order valence-corrected chi connectivity index (χ2v) is 6.28. The molecule has 0 unspecified atom stereocenters. The number of aromatic amines is 1. The minimum atomic E-state index is -0.162. The average molecular weight is 364 g/mol. The van der Waals surface area contributed by atoms with E-state index in [2.05, 4.69) is 25.5 Å². The molecule has 1 fully saturated rings. The highest BCUT2D eigenvalue weighted by atomic mass is 16.5. The van der Waals surface area contributed by atoms with Crippen molar-refractivity contribution in [2.24, 2.45) is 0 Å². The summed E-state index contributed by atoms with van der Waals surface area (Å²) in [6, 6.07) is 12.8. The van der Waals surface area contributed by atoms with Crippen molar-refractivity contribution < 1.29 is 9.53 Å². The summed E-state index contributed by atoms with van der Waals surface area (Å²) in [6.07, 6.45) is 5.03. The Morgan fingerprint density at radius 2 is 1.89 bits per heavy atom. The van der Waals surface area contributed by atoms with Gasteiger partial charge in [-0.3, -0.25) is 15.4 Å². The molecule has 0 radical (unpaired) electrons. The zero-order valence-electron chi connectivity index (χ0n) is 14.7. The molecule has 1 aliphatic heterocycles. The lowest BCUT2D eigenvalue weighted by atomic mass is 10.1. The molecule has 2 amide bonds. The zero-order chi connectivity index (χ0) is 18.5. The van der Waals surface area contributed by atoms with Crippen molar-refractivity contribution in [3.05, 3.63) is 54.9 Å². The van der Waals surface area contributed by atoms with Crippen LogP contribution in [-0.4, -0.2) is 50.3 Å². The Balaban J connectivity index is 1.29. The topological polar surface area (TPSA) is 96.0 Å². The number of hydrogen-bond acceptors (Lipinski definition) is 5. The third-order valence-electron chi connectivity index (χ3n) is 4.41. The van der Waals surface area contributed by atoms with Crippen molar-refractivity contribution in [1.29, 1.82) is 0 Å². The fourth-order valence-electron chi connectivity index (χ4n) is 2.99. The number of ether oxygens (including phenoxy) is 1. The molecule has 27 heavy (non-hydrogen) atoms. The molecular weight excluding hydrogens is 344 g/mol. The lowest BCUT2D eigenvalue weighted by Crippen LogP contribution is -2.43. The van der Waals surface area contributed by atoms with Crippen LogP contribution in [-0.2, 0) is 0 Å². The standard InChI is InChI=1S/C19H20N6O2/c26-19(22-17-13-16(23-24-17)15-5-1-3-9-20-15)25-11-7-14(8-12-25)27-18-6-2-4-10-21-18/h1-6,9-10,13-14H,7-8,11-12H2,(H2,22,23,24,26). The van der Waals surface area contributed by atoms with Gasteiger partial charge in [-0.2, -0.15) is 5.10 Å². The van der Waals surface area contributed by atoms with Crippen molar-refractivity contribution in [3.8, 4) is 17.3 Å². The van der Waals surface area contributed by atoms with E-state index in [1.165, 1.54) is 0 Å². The van der Waals surface area contributed by atoms with Gasteiger partial charge in [-0.25, -0.2) is 9.78 Å². The third kappa shape index (κ3) is 4.22. The molecule has 0 aromatic carbocycles. The van der Waals surface area contributed by atoms with Gasteiger partial charge in [0, 0.05) is 50.5 Å². The molecule has 4 rings (SSSR count). The van der Waals surface area contributed by atoms with Crippen LogP contribution in [0.5, 0.6) is 5.88 Å². The lowest BCUT2D eigenvalue weighted by Gasteiger charge is -2.31. The van der Waals surface area contributed by atoms with Gasteiger partial charge in [-0.1, -0.05) is 12.1 Å². The van der Waals surface area contributed by atoms with Crippen LogP contribution in [0.4, 0.5) is 10.6 Å². The van der Waals surface area contributed by atoms with Gasteiger partial charge in [0.2, 0.25) is 5.88 Å². The number of nitrogens with one attached hydrogen (secondary N) is 2. The SMILES string of the molecule is O=C(Nc1cc(-c2ccccn2)[nH]n1)N1CCC(Oc2ccccn2)CC1. The fraction of sp³-hybridized carbons (Fsp3) is 0.263. The number of rotatable bonds is 4. The molecule has 1 saturated heterocycles. The number of hydrogen-bond donors (Lipinski definition) is 2. The summed E-state index contributed by atoms with van der Waals surface area (Å²) in [7, 11) is 0. The van der Waals surface area contributed by atoms with Crippen molar-refractivity contribution in [3.63, 3.8) is 0 Å². The van der Waals surface area contributed by atoms with E-state index in [4.69, 9.17) is 4.74 Å². The van der Waals surface area contributed by atoms with E-state index in [9.17, 15) is 4.79 Å². The number of likely N-dealkylation sites (tertiary alicyclic amines) is 1. The van der Waals surface area contributed by atoms with Crippen molar-refractivity contribution >= 4 is 11.8 Å². The summed E-state index contributed by atoms with van der Waals surface area (Å²) in [4.78, 5) is 22.7. The van der Waals surface area contributed by atoms with Crippen LogP contribution in [0.2, 0.25) is 0 Å². The molecule has 8 nitrogen and oxygen atoms in total. The molecule has 8 heteroatoms. The van der Waals surface area contributed by atoms with Gasteiger partial charge < -0.3 is 9.64 Å². The van der Waals surface area contributed by atoms with Crippen LogP contribution >= 0.6 is 0 Å². The van der Waals surface area contributed by atoms with Crippen LogP contribution in [0, 0.1) is 0 Å². The summed E-state index contributed by atoms with van der Waals surface area (Å²) in [5.74, 6) is 1.10. The molecular formula is C19H20N6O2. The Bertz CT molecular complexity index is 875. The Morgan fingerprint density at radius 1 is 1.11 bits per heavy atom. The first-order chi connectivity index (χ1) is 13.3. The number of amides is 2. The number of H-pyrrole nitrogens is 1. The van der Waals surface area contributed by atoms with Gasteiger partial charge in [-0.15, -0.1) is 0 Å². The summed E-state index contributed by atoms with van der Waals surface area (Å²) in [5, 5.41) is 9.86. The lowest BCUT2D eigenvalue weighted by molar-refractivity contribution is 0.111. The molecule has 2 N–H and O–H groups in total. The first kappa shape index (κ1) is 17.0. The van der Waals surface area contributed by atoms with Crippen molar-refractivity contribution in [2.45, 2.75) is 18.9 Å². The largest absolute Gasteiger partial charge is 0.474 e. The first-order valence-electron chi connectivity index (χ1n) is 8.88. The molecule has 4 heterocycles. The first-order valence-corrected chi connectivity index (χ1v) is 8.88. The summed E-state index contributed by atoms with van der Waals surface area (Å²) < 4.78 is 5.86. The third-order valence-corrected chi connectivity index (χ3v) is 4.41. The van der Waals surface area contributed by atoms with E-state index in [1.807, 2.05) is 36.4 Å². The molecule has 0 atom stereocenters. The second kappa shape index (κ2) is 7.86. The maximum atomic E-state index is 12.5. The maximum absolute atomic E-state index is 12.5. The number of urea groups is 1. The Morgan fingerprint density at radius 3 is 2.59 bits per heavy atom. The Kier molecular flexibility index (Phi) is 4.95. The van der Waals surface area contributed by atoms with Gasteiger partial charge in [-0.05, 0) is 18.2 Å². The van der Waals surface area contributed by atoms with E-state index < -0.39 is 0 Å². The van der Waals surface area contributed by atoms with Gasteiger partial charge in [0.25, 0.3) is 0 Å². The average Bonchev–Trinajstić information content (AvgIpc) is 3.18. The highest BCUT2D eigenvalue weighted by Crippen LogP contribution is 2.19. The number of carbonyl (C=O) groups excluding carboxylic acids is 1. The molecule has 3 aromatic rings. The predicted molar refractivity (Wildman–Crippen MR) is 100 cm³/mol. The Hall–Kier alpha value is -3.42. The quantitative estimate of drug-likeness (QED) is 0.742. The number of pyridine rings is 2. The maximum Gasteiger partial charge on any atom is 0.323 e. The van der Waals surface area contributed by atoms with E-state index in [0.29, 0.717) is 24.8 Å². The highest BCUT2D eigenvalue weighted by Gasteiger charge is 2.24. The van der Waals surface area contributed by atoms with E-state index in [1.54, 1.807) is 23.4 Å². The highest BCUT2D eigenvalue weighted by molar-refractivity contribution is 5.88. The number of nitrogens with zero attached hydrogens (tertiary/aromatic N) is 4. The molecule has 3 aromatic heterocycles. The normalized spacial score (nSPS) is 14.7. The van der Waals surface area contributed by atoms with Gasteiger partial charge >= 0.3 is 6.03 Å². The Labute approximate surface area is 156 Å². The number of piperidine rings is 1. The van der Waals surface area contributed by atoms with E-state index in [0.717, 1.165) is 24.2 Å².